The van der Waals surface area contributed by atoms with Gasteiger partial charge in [-0.2, -0.15) is 11.3 Å². The average molecular weight is 318 g/mol. The summed E-state index contributed by atoms with van der Waals surface area (Å²) in [5.41, 5.74) is 1.61. The number of amides is 1. The molecule has 0 aliphatic rings. The summed E-state index contributed by atoms with van der Waals surface area (Å²) in [6.45, 7) is 0.596. The molecular weight excluding hydrogens is 304 g/mol. The highest BCUT2D eigenvalue weighted by molar-refractivity contribution is 7.16. The summed E-state index contributed by atoms with van der Waals surface area (Å²) in [5.74, 6) is -0.183. The Morgan fingerprint density at radius 3 is 3.00 bits per heavy atom. The zero-order valence-electron chi connectivity index (χ0n) is 11.4. The molecule has 0 spiro atoms. The fraction of sp³-hybridized carbons (Fsp3) is 0.214. The number of nitrogens with one attached hydrogen (secondary N) is 1. The lowest BCUT2D eigenvalue weighted by Crippen LogP contribution is -2.25. The fourth-order valence-electron chi connectivity index (χ4n) is 1.91. The first kappa shape index (κ1) is 14.0. The number of carbonyl (C=O) groups excluding carboxylic acids is 1. The second kappa shape index (κ2) is 6.19. The molecule has 3 rings (SSSR count). The quantitative estimate of drug-likeness (QED) is 0.786. The molecule has 1 N–H and O–H groups in total. The number of thiophene rings is 2. The van der Waals surface area contributed by atoms with E-state index >= 15 is 0 Å². The molecule has 0 saturated carbocycles. The molecular formula is C14H14N4OS2. The number of hydrogen-bond acceptors (Lipinski definition) is 5. The molecule has 5 nitrogen and oxygen atoms in total. The topological polar surface area (TPSA) is 59.8 Å². The molecule has 1 amide bonds. The maximum atomic E-state index is 11.8. The average Bonchev–Trinajstić information content (AvgIpc) is 3.19. The number of nitrogens with zero attached hydrogens (tertiary/aromatic N) is 3. The summed E-state index contributed by atoms with van der Waals surface area (Å²) >= 11 is 3.47. The van der Waals surface area contributed by atoms with Crippen molar-refractivity contribution >= 4 is 28.6 Å². The Balaban J connectivity index is 1.53. The minimum absolute atomic E-state index is 0.183. The zero-order valence-corrected chi connectivity index (χ0v) is 13.1. The van der Waals surface area contributed by atoms with E-state index in [-0.39, 0.29) is 5.91 Å². The van der Waals surface area contributed by atoms with Crippen molar-refractivity contribution in [2.24, 2.45) is 7.05 Å². The SMILES string of the molecule is Cn1cc(C(=O)NCCc2ccc(-c3ccsc3)s2)nn1. The maximum absolute atomic E-state index is 11.8. The van der Waals surface area contributed by atoms with Crippen molar-refractivity contribution in [3.63, 3.8) is 0 Å². The molecule has 0 radical (unpaired) electrons. The molecule has 0 atom stereocenters. The third kappa shape index (κ3) is 3.37. The van der Waals surface area contributed by atoms with Gasteiger partial charge < -0.3 is 5.32 Å². The standard InChI is InChI=1S/C14H14N4OS2/c1-18-8-12(16-17-18)14(19)15-6-4-11-2-3-13(21-11)10-5-7-20-9-10/h2-3,5,7-9H,4,6H2,1H3,(H,15,19). The van der Waals surface area contributed by atoms with Crippen molar-refractivity contribution < 1.29 is 4.79 Å². The molecule has 0 fully saturated rings. The van der Waals surface area contributed by atoms with Crippen LogP contribution in [0.25, 0.3) is 10.4 Å². The first-order chi connectivity index (χ1) is 10.2. The smallest absolute Gasteiger partial charge is 0.273 e. The minimum atomic E-state index is -0.183. The number of aryl methyl sites for hydroxylation is 1. The number of hydrogen-bond donors (Lipinski definition) is 1. The minimum Gasteiger partial charge on any atom is -0.350 e. The first-order valence-corrected chi connectivity index (χ1v) is 8.24. The van der Waals surface area contributed by atoms with E-state index in [1.165, 1.54) is 20.0 Å². The molecule has 0 unspecified atom stereocenters. The van der Waals surface area contributed by atoms with Gasteiger partial charge in [0.2, 0.25) is 0 Å². The highest BCUT2D eigenvalue weighted by atomic mass is 32.1. The van der Waals surface area contributed by atoms with Crippen molar-refractivity contribution in [1.82, 2.24) is 20.3 Å². The molecule has 3 aromatic heterocycles. The predicted molar refractivity (Wildman–Crippen MR) is 84.7 cm³/mol. The molecule has 7 heteroatoms. The van der Waals surface area contributed by atoms with E-state index in [2.05, 4.69) is 44.6 Å². The van der Waals surface area contributed by atoms with Crippen LogP contribution in [0.4, 0.5) is 0 Å². The van der Waals surface area contributed by atoms with Crippen molar-refractivity contribution in [2.45, 2.75) is 6.42 Å². The van der Waals surface area contributed by atoms with Crippen LogP contribution in [-0.4, -0.2) is 27.4 Å². The van der Waals surface area contributed by atoms with Crippen LogP contribution in [0.2, 0.25) is 0 Å². The Bertz CT molecular complexity index is 730. The molecule has 0 bridgehead atoms. The Labute approximate surface area is 130 Å². The monoisotopic (exact) mass is 318 g/mol. The zero-order chi connectivity index (χ0) is 14.7. The Morgan fingerprint density at radius 2 is 2.29 bits per heavy atom. The third-order valence-corrected chi connectivity index (χ3v) is 4.84. The highest BCUT2D eigenvalue weighted by Gasteiger charge is 2.09. The van der Waals surface area contributed by atoms with Crippen molar-refractivity contribution in [2.75, 3.05) is 6.54 Å². The van der Waals surface area contributed by atoms with Crippen molar-refractivity contribution in [3.05, 3.63) is 45.7 Å². The lowest BCUT2D eigenvalue weighted by atomic mass is 10.3. The largest absolute Gasteiger partial charge is 0.350 e. The number of aromatic nitrogens is 3. The Morgan fingerprint density at radius 1 is 1.38 bits per heavy atom. The van der Waals surface area contributed by atoms with Gasteiger partial charge in [0.05, 0.1) is 6.20 Å². The lowest BCUT2D eigenvalue weighted by Gasteiger charge is -2.00. The van der Waals surface area contributed by atoms with E-state index in [0.29, 0.717) is 12.2 Å². The van der Waals surface area contributed by atoms with Crippen LogP contribution >= 0.6 is 22.7 Å². The van der Waals surface area contributed by atoms with Gasteiger partial charge in [-0.15, -0.1) is 16.4 Å². The van der Waals surface area contributed by atoms with Crippen molar-refractivity contribution in [3.8, 4) is 10.4 Å². The number of carbonyl (C=O) groups is 1. The summed E-state index contributed by atoms with van der Waals surface area (Å²) in [6.07, 6.45) is 2.43. The van der Waals surface area contributed by atoms with E-state index in [4.69, 9.17) is 0 Å². The second-order valence-corrected chi connectivity index (χ2v) is 6.51. The van der Waals surface area contributed by atoms with Gasteiger partial charge in [-0.1, -0.05) is 5.21 Å². The van der Waals surface area contributed by atoms with E-state index in [0.717, 1.165) is 6.42 Å². The van der Waals surface area contributed by atoms with Gasteiger partial charge in [0.15, 0.2) is 5.69 Å². The molecule has 0 aliphatic heterocycles. The third-order valence-electron chi connectivity index (χ3n) is 2.96. The molecule has 108 valence electrons. The van der Waals surface area contributed by atoms with Crippen LogP contribution < -0.4 is 5.32 Å². The Kier molecular flexibility index (Phi) is 4.12. The lowest BCUT2D eigenvalue weighted by molar-refractivity contribution is 0.0949. The molecule has 0 saturated heterocycles. The summed E-state index contributed by atoms with van der Waals surface area (Å²) in [4.78, 5) is 14.3. The summed E-state index contributed by atoms with van der Waals surface area (Å²) in [6, 6.07) is 6.37. The summed E-state index contributed by atoms with van der Waals surface area (Å²) < 4.78 is 1.52. The molecule has 3 heterocycles. The Hall–Kier alpha value is -1.99. The van der Waals surface area contributed by atoms with E-state index in [9.17, 15) is 4.79 Å². The van der Waals surface area contributed by atoms with Gasteiger partial charge in [0.25, 0.3) is 5.91 Å². The van der Waals surface area contributed by atoms with Crippen LogP contribution in [-0.2, 0) is 13.5 Å². The van der Waals surface area contributed by atoms with Gasteiger partial charge in [0, 0.05) is 28.9 Å². The van der Waals surface area contributed by atoms with Gasteiger partial charge in [-0.3, -0.25) is 9.48 Å². The van der Waals surface area contributed by atoms with Gasteiger partial charge in [-0.05, 0) is 35.4 Å². The number of rotatable bonds is 5. The van der Waals surface area contributed by atoms with E-state index in [1.807, 2.05) is 0 Å². The summed E-state index contributed by atoms with van der Waals surface area (Å²) in [7, 11) is 1.74. The fourth-order valence-corrected chi connectivity index (χ4v) is 3.65. The molecule has 0 aromatic carbocycles. The van der Waals surface area contributed by atoms with Crippen LogP contribution in [0, 0.1) is 0 Å². The van der Waals surface area contributed by atoms with Crippen LogP contribution in [0.3, 0.4) is 0 Å². The first-order valence-electron chi connectivity index (χ1n) is 6.48. The normalized spacial score (nSPS) is 10.7. The van der Waals surface area contributed by atoms with Crippen LogP contribution in [0.15, 0.2) is 35.2 Å². The van der Waals surface area contributed by atoms with Crippen LogP contribution in [0.5, 0.6) is 0 Å². The van der Waals surface area contributed by atoms with E-state index in [1.54, 1.807) is 35.9 Å². The van der Waals surface area contributed by atoms with E-state index < -0.39 is 0 Å². The molecule has 0 aliphatic carbocycles. The maximum Gasteiger partial charge on any atom is 0.273 e. The summed E-state index contributed by atoms with van der Waals surface area (Å²) in [5, 5.41) is 14.6. The molecule has 3 aromatic rings. The molecule has 21 heavy (non-hydrogen) atoms. The van der Waals surface area contributed by atoms with Crippen molar-refractivity contribution in [1.29, 1.82) is 0 Å². The highest BCUT2D eigenvalue weighted by Crippen LogP contribution is 2.29. The van der Waals surface area contributed by atoms with Crippen LogP contribution in [0.1, 0.15) is 15.4 Å². The second-order valence-electron chi connectivity index (χ2n) is 4.56. The van der Waals surface area contributed by atoms with Gasteiger partial charge >= 0.3 is 0 Å². The predicted octanol–water partition coefficient (Wildman–Crippen LogP) is 2.58. The van der Waals surface area contributed by atoms with Gasteiger partial charge in [0.1, 0.15) is 0 Å². The van der Waals surface area contributed by atoms with Gasteiger partial charge in [-0.25, -0.2) is 0 Å².